The van der Waals surface area contributed by atoms with E-state index in [0.717, 1.165) is 24.8 Å². The normalized spacial score (nSPS) is 17.0. The average molecular weight is 339 g/mol. The summed E-state index contributed by atoms with van der Waals surface area (Å²) < 4.78 is 10.8. The predicted octanol–water partition coefficient (Wildman–Crippen LogP) is 3.11. The Morgan fingerprint density at radius 3 is 2.64 bits per heavy atom. The summed E-state index contributed by atoms with van der Waals surface area (Å²) in [6.45, 7) is 0.346. The van der Waals surface area contributed by atoms with Gasteiger partial charge in [0.05, 0.1) is 19.8 Å². The van der Waals surface area contributed by atoms with Crippen LogP contribution in [0, 0.1) is 0 Å². The highest BCUT2D eigenvalue weighted by Crippen LogP contribution is 2.24. The second-order valence-corrected chi connectivity index (χ2v) is 6.04. The van der Waals surface area contributed by atoms with Gasteiger partial charge >= 0.3 is 5.97 Å². The highest BCUT2D eigenvalue weighted by molar-refractivity contribution is 6.43. The van der Waals surface area contributed by atoms with Crippen molar-refractivity contribution >= 4 is 11.7 Å². The fraction of sp³-hybridized carbons (Fsp3) is 0.300. The summed E-state index contributed by atoms with van der Waals surface area (Å²) in [5.74, 6) is -0.679. The quantitative estimate of drug-likeness (QED) is 0.393. The molecule has 0 saturated heterocycles. The van der Waals surface area contributed by atoms with Crippen LogP contribution in [-0.4, -0.2) is 30.1 Å². The maximum atomic E-state index is 11.8. The van der Waals surface area contributed by atoms with Gasteiger partial charge in [0.25, 0.3) is 0 Å². The minimum Gasteiger partial charge on any atom is -0.464 e. The summed E-state index contributed by atoms with van der Waals surface area (Å²) in [5, 5.41) is 12.3. The first kappa shape index (κ1) is 17.2. The summed E-state index contributed by atoms with van der Waals surface area (Å²) in [6, 6.07) is 15.7. The zero-order valence-electron chi connectivity index (χ0n) is 14.1. The third kappa shape index (κ3) is 3.88. The third-order valence-electron chi connectivity index (χ3n) is 4.53. The highest BCUT2D eigenvalue weighted by atomic mass is 16.5. The second-order valence-electron chi connectivity index (χ2n) is 6.04. The van der Waals surface area contributed by atoms with Crippen LogP contribution in [0.5, 0.6) is 0 Å². The zero-order chi connectivity index (χ0) is 17.6. The molecular weight excluding hydrogens is 318 g/mol. The standard InChI is InChI=1S/C20H21NO4/c1-24-20(22)19(21-23)18-9-5-4-8-16(18)13-25-17-11-10-14-6-2-3-7-15(14)12-17/h2-9,17,23H,10-13H2,1H3/b21-19+. The first-order valence-electron chi connectivity index (χ1n) is 8.30. The lowest BCUT2D eigenvalue weighted by Gasteiger charge is -2.25. The number of hydrogen-bond acceptors (Lipinski definition) is 5. The molecule has 5 nitrogen and oxygen atoms in total. The van der Waals surface area contributed by atoms with Gasteiger partial charge in [-0.15, -0.1) is 0 Å². The number of carbonyl (C=O) groups excluding carboxylic acids is 1. The molecule has 1 atom stereocenters. The summed E-state index contributed by atoms with van der Waals surface area (Å²) in [4.78, 5) is 11.8. The van der Waals surface area contributed by atoms with Gasteiger partial charge in [-0.25, -0.2) is 4.79 Å². The minimum atomic E-state index is -0.679. The summed E-state index contributed by atoms with van der Waals surface area (Å²) in [5.41, 5.74) is 3.92. The van der Waals surface area contributed by atoms with E-state index in [-0.39, 0.29) is 11.8 Å². The molecule has 5 heteroatoms. The van der Waals surface area contributed by atoms with Gasteiger partial charge in [0.15, 0.2) is 5.71 Å². The van der Waals surface area contributed by atoms with Crippen LogP contribution in [0.15, 0.2) is 53.7 Å². The van der Waals surface area contributed by atoms with Crippen LogP contribution in [0.4, 0.5) is 0 Å². The molecule has 0 amide bonds. The average Bonchev–Trinajstić information content (AvgIpc) is 2.67. The lowest BCUT2D eigenvalue weighted by Crippen LogP contribution is -2.23. The van der Waals surface area contributed by atoms with Crippen LogP contribution in [0.3, 0.4) is 0 Å². The summed E-state index contributed by atoms with van der Waals surface area (Å²) in [6.07, 6.45) is 3.00. The molecule has 1 N–H and O–H groups in total. The first-order valence-corrected chi connectivity index (χ1v) is 8.30. The Kier molecular flexibility index (Phi) is 5.46. The van der Waals surface area contributed by atoms with E-state index in [1.54, 1.807) is 12.1 Å². The van der Waals surface area contributed by atoms with E-state index >= 15 is 0 Å². The molecule has 0 bridgehead atoms. The number of nitrogens with zero attached hydrogens (tertiary/aromatic N) is 1. The molecular formula is C20H21NO4. The highest BCUT2D eigenvalue weighted by Gasteiger charge is 2.21. The SMILES string of the molecule is COC(=O)/C(=N/O)c1ccccc1COC1CCc2ccccc2C1. The van der Waals surface area contributed by atoms with E-state index in [4.69, 9.17) is 4.74 Å². The maximum Gasteiger partial charge on any atom is 0.360 e. The van der Waals surface area contributed by atoms with Gasteiger partial charge in [-0.1, -0.05) is 53.7 Å². The number of fused-ring (bicyclic) bond motifs is 1. The van der Waals surface area contributed by atoms with Gasteiger partial charge < -0.3 is 14.7 Å². The molecule has 0 spiro atoms. The van der Waals surface area contributed by atoms with Crippen LogP contribution < -0.4 is 0 Å². The van der Waals surface area contributed by atoms with Crippen LogP contribution in [0.1, 0.15) is 28.7 Å². The fourth-order valence-electron chi connectivity index (χ4n) is 3.19. The van der Waals surface area contributed by atoms with Crippen molar-refractivity contribution in [2.75, 3.05) is 7.11 Å². The molecule has 3 rings (SSSR count). The molecule has 1 aliphatic carbocycles. The number of benzene rings is 2. The van der Waals surface area contributed by atoms with Crippen molar-refractivity contribution < 1.29 is 19.5 Å². The molecule has 0 radical (unpaired) electrons. The number of esters is 1. The van der Waals surface area contributed by atoms with Crippen molar-refractivity contribution in [3.63, 3.8) is 0 Å². The molecule has 2 aromatic rings. The summed E-state index contributed by atoms with van der Waals surface area (Å²) in [7, 11) is 1.26. The van der Waals surface area contributed by atoms with E-state index in [0.29, 0.717) is 12.2 Å². The van der Waals surface area contributed by atoms with Gasteiger partial charge in [-0.05, 0) is 36.0 Å². The lowest BCUT2D eigenvalue weighted by molar-refractivity contribution is -0.132. The van der Waals surface area contributed by atoms with E-state index in [1.165, 1.54) is 18.2 Å². The van der Waals surface area contributed by atoms with Crippen molar-refractivity contribution in [3.8, 4) is 0 Å². The molecule has 1 unspecified atom stereocenters. The van der Waals surface area contributed by atoms with Crippen LogP contribution in [-0.2, 0) is 33.7 Å². The Morgan fingerprint density at radius 2 is 1.88 bits per heavy atom. The Labute approximate surface area is 146 Å². The lowest BCUT2D eigenvalue weighted by atomic mass is 9.90. The third-order valence-corrected chi connectivity index (χ3v) is 4.53. The minimum absolute atomic E-state index is 0.115. The van der Waals surface area contributed by atoms with E-state index in [2.05, 4.69) is 34.2 Å². The van der Waals surface area contributed by atoms with Gasteiger partial charge in [0.2, 0.25) is 0 Å². The van der Waals surface area contributed by atoms with E-state index in [1.807, 2.05) is 12.1 Å². The Hall–Kier alpha value is -2.66. The number of carbonyl (C=O) groups is 1. The number of rotatable bonds is 5. The molecule has 25 heavy (non-hydrogen) atoms. The molecule has 2 aromatic carbocycles. The maximum absolute atomic E-state index is 11.8. The smallest absolute Gasteiger partial charge is 0.360 e. The Balaban J connectivity index is 1.71. The van der Waals surface area contributed by atoms with Crippen LogP contribution >= 0.6 is 0 Å². The van der Waals surface area contributed by atoms with Crippen molar-refractivity contribution in [2.24, 2.45) is 5.16 Å². The zero-order valence-corrected chi connectivity index (χ0v) is 14.1. The van der Waals surface area contributed by atoms with Crippen LogP contribution in [0.25, 0.3) is 0 Å². The second kappa shape index (κ2) is 7.94. The number of aryl methyl sites for hydroxylation is 1. The molecule has 0 aromatic heterocycles. The molecule has 0 aliphatic heterocycles. The fourth-order valence-corrected chi connectivity index (χ4v) is 3.19. The van der Waals surface area contributed by atoms with Gasteiger partial charge in [0.1, 0.15) is 0 Å². The Morgan fingerprint density at radius 1 is 1.16 bits per heavy atom. The number of oxime groups is 1. The predicted molar refractivity (Wildman–Crippen MR) is 93.8 cm³/mol. The number of ether oxygens (including phenoxy) is 2. The summed E-state index contributed by atoms with van der Waals surface area (Å²) >= 11 is 0. The first-order chi connectivity index (χ1) is 12.2. The van der Waals surface area contributed by atoms with Gasteiger partial charge in [0, 0.05) is 5.56 Å². The van der Waals surface area contributed by atoms with Gasteiger partial charge in [-0.3, -0.25) is 0 Å². The Bertz CT molecular complexity index is 785. The largest absolute Gasteiger partial charge is 0.464 e. The van der Waals surface area contributed by atoms with Crippen LogP contribution in [0.2, 0.25) is 0 Å². The van der Waals surface area contributed by atoms with Crippen molar-refractivity contribution in [1.29, 1.82) is 0 Å². The van der Waals surface area contributed by atoms with Crippen molar-refractivity contribution in [2.45, 2.75) is 32.0 Å². The monoisotopic (exact) mass is 339 g/mol. The number of hydrogen-bond donors (Lipinski definition) is 1. The molecule has 0 heterocycles. The molecule has 0 fully saturated rings. The van der Waals surface area contributed by atoms with E-state index < -0.39 is 5.97 Å². The van der Waals surface area contributed by atoms with Crippen molar-refractivity contribution in [3.05, 3.63) is 70.8 Å². The topological polar surface area (TPSA) is 68.1 Å². The van der Waals surface area contributed by atoms with Crippen molar-refractivity contribution in [1.82, 2.24) is 0 Å². The molecule has 1 aliphatic rings. The molecule has 130 valence electrons. The molecule has 0 saturated carbocycles. The van der Waals surface area contributed by atoms with E-state index in [9.17, 15) is 10.0 Å². The van der Waals surface area contributed by atoms with Gasteiger partial charge in [-0.2, -0.15) is 0 Å². The number of methoxy groups -OCH3 is 1.